The largest absolute Gasteiger partial charge is 0.504 e. The second-order valence-corrected chi connectivity index (χ2v) is 8.81. The quantitative estimate of drug-likeness (QED) is 0.211. The van der Waals surface area contributed by atoms with Crippen molar-refractivity contribution in [3.63, 3.8) is 0 Å². The number of ketones is 1. The van der Waals surface area contributed by atoms with E-state index >= 15 is 0 Å². The van der Waals surface area contributed by atoms with Gasteiger partial charge in [-0.15, -0.1) is 10.2 Å². The number of nitrogens with zero attached hydrogens (tertiary/aromatic N) is 4. The minimum atomic E-state index is -0.365. The van der Waals surface area contributed by atoms with E-state index in [-0.39, 0.29) is 39.9 Å². The van der Waals surface area contributed by atoms with Gasteiger partial charge in [0.25, 0.3) is 5.56 Å². The first-order valence-electron chi connectivity index (χ1n) is 10.6. The van der Waals surface area contributed by atoms with Gasteiger partial charge in [-0.05, 0) is 55.0 Å². The molecule has 0 aliphatic carbocycles. The summed E-state index contributed by atoms with van der Waals surface area (Å²) < 4.78 is 8.72. The van der Waals surface area contributed by atoms with Crippen LogP contribution in [0.25, 0.3) is 22.4 Å². The van der Waals surface area contributed by atoms with Gasteiger partial charge in [0, 0.05) is 5.56 Å². The van der Waals surface area contributed by atoms with E-state index in [1.54, 1.807) is 28.7 Å². The van der Waals surface area contributed by atoms with Gasteiger partial charge in [-0.2, -0.15) is 0 Å². The predicted octanol–water partition coefficient (Wildman–Crippen LogP) is 3.74. The molecule has 2 heterocycles. The van der Waals surface area contributed by atoms with Crippen molar-refractivity contribution in [1.29, 1.82) is 0 Å². The average molecular weight is 489 g/mol. The van der Waals surface area contributed by atoms with Crippen LogP contribution in [0.4, 0.5) is 0 Å². The fourth-order valence-corrected chi connectivity index (χ4v) is 4.71. The third-order valence-electron chi connectivity index (χ3n) is 5.60. The zero-order valence-corrected chi connectivity index (χ0v) is 19.6. The maximum absolute atomic E-state index is 13.6. The minimum Gasteiger partial charge on any atom is -0.504 e. The average Bonchev–Trinajstić information content (AvgIpc) is 3.28. The van der Waals surface area contributed by atoms with E-state index in [0.29, 0.717) is 27.5 Å². The summed E-state index contributed by atoms with van der Waals surface area (Å²) in [5.74, 6) is -0.125. The number of rotatable bonds is 6. The molecule has 10 heteroatoms. The maximum Gasteiger partial charge on any atom is 0.267 e. The SMILES string of the molecule is COc1ccc(C)cc1-n1c(=O)c2ccccc2n2c(SCC(=O)c3ccc(O)c(O)c3)nnc12. The molecule has 176 valence electrons. The summed E-state index contributed by atoms with van der Waals surface area (Å²) >= 11 is 1.16. The number of phenols is 2. The van der Waals surface area contributed by atoms with E-state index in [4.69, 9.17) is 4.74 Å². The number of fused-ring (bicyclic) bond motifs is 3. The van der Waals surface area contributed by atoms with Crippen molar-refractivity contribution in [3.8, 4) is 22.9 Å². The Bertz CT molecular complexity index is 1670. The highest BCUT2D eigenvalue weighted by atomic mass is 32.2. The highest BCUT2D eigenvalue weighted by Gasteiger charge is 2.21. The number of Topliss-reactive ketones (excluding diaryl/α,β-unsaturated/α-hetero) is 1. The Morgan fingerprint density at radius 1 is 1.03 bits per heavy atom. The molecular formula is C25H20N4O5S. The highest BCUT2D eigenvalue weighted by Crippen LogP contribution is 2.29. The normalized spacial score (nSPS) is 11.3. The zero-order chi connectivity index (χ0) is 24.7. The molecule has 0 unspecified atom stereocenters. The molecule has 5 rings (SSSR count). The van der Waals surface area contributed by atoms with E-state index in [1.807, 2.05) is 25.1 Å². The lowest BCUT2D eigenvalue weighted by molar-refractivity contribution is 0.102. The number of phenolic OH excluding ortho intramolecular Hbond substituents is 2. The van der Waals surface area contributed by atoms with Crippen molar-refractivity contribution < 1.29 is 19.7 Å². The topological polar surface area (TPSA) is 119 Å². The number of methoxy groups -OCH3 is 1. The Morgan fingerprint density at radius 2 is 1.83 bits per heavy atom. The number of aromatic hydroxyl groups is 2. The number of benzene rings is 3. The lowest BCUT2D eigenvalue weighted by Crippen LogP contribution is -2.22. The summed E-state index contributed by atoms with van der Waals surface area (Å²) in [5.41, 5.74) is 2.07. The first kappa shape index (κ1) is 22.5. The summed E-state index contributed by atoms with van der Waals surface area (Å²) in [6, 6.07) is 16.6. The second kappa shape index (κ2) is 8.80. The minimum absolute atomic E-state index is 0.00618. The standard InChI is InChI=1S/C25H20N4O5S/c1-14-7-10-22(34-2)18(11-14)28-23(33)16-5-3-4-6-17(16)29-24(28)26-27-25(29)35-13-21(32)15-8-9-19(30)20(31)12-15/h3-12,30-31H,13H2,1-2H3. The van der Waals surface area contributed by atoms with Crippen LogP contribution in [-0.2, 0) is 0 Å². The molecule has 3 aromatic carbocycles. The second-order valence-electron chi connectivity index (χ2n) is 7.87. The fraction of sp³-hybridized carbons (Fsp3) is 0.120. The molecule has 0 bridgehead atoms. The van der Waals surface area contributed by atoms with Gasteiger partial charge < -0.3 is 14.9 Å². The van der Waals surface area contributed by atoms with Crippen LogP contribution in [0.1, 0.15) is 15.9 Å². The molecular weight excluding hydrogens is 468 g/mol. The Balaban J connectivity index is 1.65. The summed E-state index contributed by atoms with van der Waals surface area (Å²) in [4.78, 5) is 26.3. The Morgan fingerprint density at radius 3 is 2.60 bits per heavy atom. The third-order valence-corrected chi connectivity index (χ3v) is 6.53. The highest BCUT2D eigenvalue weighted by molar-refractivity contribution is 7.99. The molecule has 0 radical (unpaired) electrons. The van der Waals surface area contributed by atoms with E-state index in [2.05, 4.69) is 10.2 Å². The van der Waals surface area contributed by atoms with Crippen molar-refractivity contribution in [2.45, 2.75) is 12.1 Å². The van der Waals surface area contributed by atoms with Gasteiger partial charge in [0.15, 0.2) is 22.4 Å². The van der Waals surface area contributed by atoms with Gasteiger partial charge in [-0.3, -0.25) is 14.0 Å². The van der Waals surface area contributed by atoms with Crippen LogP contribution >= 0.6 is 11.8 Å². The summed E-state index contributed by atoms with van der Waals surface area (Å²) in [5, 5.41) is 28.7. The third kappa shape index (κ3) is 3.87. The van der Waals surface area contributed by atoms with E-state index in [0.717, 1.165) is 17.3 Å². The van der Waals surface area contributed by atoms with Crippen LogP contribution in [0.15, 0.2) is 70.6 Å². The van der Waals surface area contributed by atoms with Crippen molar-refractivity contribution in [3.05, 3.63) is 82.1 Å². The predicted molar refractivity (Wildman–Crippen MR) is 132 cm³/mol. The smallest absolute Gasteiger partial charge is 0.267 e. The van der Waals surface area contributed by atoms with E-state index in [9.17, 15) is 19.8 Å². The number of carbonyl (C=O) groups excluding carboxylic acids is 1. The van der Waals surface area contributed by atoms with Crippen LogP contribution in [0.3, 0.4) is 0 Å². The molecule has 0 saturated heterocycles. The van der Waals surface area contributed by atoms with Gasteiger partial charge in [-0.1, -0.05) is 30.0 Å². The first-order chi connectivity index (χ1) is 16.9. The van der Waals surface area contributed by atoms with Crippen LogP contribution < -0.4 is 10.3 Å². The summed E-state index contributed by atoms with van der Waals surface area (Å²) in [6.45, 7) is 1.92. The van der Waals surface area contributed by atoms with Crippen LogP contribution in [0, 0.1) is 6.92 Å². The molecule has 0 aliphatic rings. The molecule has 35 heavy (non-hydrogen) atoms. The van der Waals surface area contributed by atoms with Gasteiger partial charge in [0.1, 0.15) is 5.75 Å². The zero-order valence-electron chi connectivity index (χ0n) is 18.8. The van der Waals surface area contributed by atoms with Gasteiger partial charge >= 0.3 is 0 Å². The fourth-order valence-electron chi connectivity index (χ4n) is 3.87. The van der Waals surface area contributed by atoms with Crippen molar-refractivity contribution >= 4 is 34.2 Å². The van der Waals surface area contributed by atoms with Crippen molar-refractivity contribution in [2.75, 3.05) is 12.9 Å². The van der Waals surface area contributed by atoms with Crippen LogP contribution in [0.2, 0.25) is 0 Å². The number of thioether (sulfide) groups is 1. The molecule has 2 N–H and O–H groups in total. The number of aromatic nitrogens is 4. The van der Waals surface area contributed by atoms with E-state index < -0.39 is 0 Å². The van der Waals surface area contributed by atoms with Crippen molar-refractivity contribution in [2.24, 2.45) is 0 Å². The summed E-state index contributed by atoms with van der Waals surface area (Å²) in [7, 11) is 1.54. The molecule has 0 fully saturated rings. The van der Waals surface area contributed by atoms with Gasteiger partial charge in [0.05, 0.1) is 29.5 Å². The Hall–Kier alpha value is -4.31. The van der Waals surface area contributed by atoms with Crippen LogP contribution in [-0.4, -0.2) is 48.0 Å². The summed E-state index contributed by atoms with van der Waals surface area (Å²) in [6.07, 6.45) is 0. The molecule has 0 aliphatic heterocycles. The molecule has 0 spiro atoms. The number of carbonyl (C=O) groups is 1. The maximum atomic E-state index is 13.6. The lowest BCUT2D eigenvalue weighted by Gasteiger charge is -2.14. The van der Waals surface area contributed by atoms with Crippen LogP contribution in [0.5, 0.6) is 17.2 Å². The number of ether oxygens (including phenoxy) is 1. The molecule has 0 saturated carbocycles. The number of para-hydroxylation sites is 1. The number of hydrogen-bond acceptors (Lipinski definition) is 8. The van der Waals surface area contributed by atoms with Gasteiger partial charge in [-0.25, -0.2) is 4.57 Å². The molecule has 0 atom stereocenters. The first-order valence-corrected chi connectivity index (χ1v) is 11.6. The molecule has 5 aromatic rings. The molecule has 2 aromatic heterocycles. The van der Waals surface area contributed by atoms with E-state index in [1.165, 1.54) is 29.9 Å². The number of aryl methyl sites for hydroxylation is 1. The molecule has 9 nitrogen and oxygen atoms in total. The number of hydrogen-bond donors (Lipinski definition) is 2. The Labute approximate surface area is 203 Å². The lowest BCUT2D eigenvalue weighted by atomic mass is 10.1. The monoisotopic (exact) mass is 488 g/mol. The van der Waals surface area contributed by atoms with Gasteiger partial charge in [0.2, 0.25) is 5.78 Å². The van der Waals surface area contributed by atoms with Crippen molar-refractivity contribution in [1.82, 2.24) is 19.2 Å². The molecule has 0 amide bonds. The Kier molecular flexibility index (Phi) is 5.65.